The van der Waals surface area contributed by atoms with E-state index in [1.807, 2.05) is 37.3 Å². The van der Waals surface area contributed by atoms with Gasteiger partial charge in [0.05, 0.1) is 16.3 Å². The number of amides is 1. The van der Waals surface area contributed by atoms with Gasteiger partial charge in [0, 0.05) is 17.3 Å². The molecule has 0 aliphatic carbocycles. The smallest absolute Gasteiger partial charge is 0.261 e. The van der Waals surface area contributed by atoms with Crippen LogP contribution in [0.3, 0.4) is 0 Å². The van der Waals surface area contributed by atoms with Crippen LogP contribution in [0.15, 0.2) is 71.6 Å². The van der Waals surface area contributed by atoms with Crippen molar-refractivity contribution in [3.05, 3.63) is 83.4 Å². The Bertz CT molecular complexity index is 1320. The van der Waals surface area contributed by atoms with Crippen molar-refractivity contribution in [1.82, 2.24) is 4.90 Å². The van der Waals surface area contributed by atoms with Crippen LogP contribution in [0.2, 0.25) is 0 Å². The van der Waals surface area contributed by atoms with Crippen LogP contribution < -0.4 is 15.4 Å². The zero-order chi connectivity index (χ0) is 25.0. The van der Waals surface area contributed by atoms with E-state index in [0.29, 0.717) is 28.5 Å². The molecular formula is C27H32N4O3S. The SMILES string of the molecule is Cc1cccc(NS(=O)(=O)c2ccc(C)c(C(=O)Nc3ccccc3NC3CCN(C)CC3)c2)c1. The van der Waals surface area contributed by atoms with Crippen LogP contribution in [0, 0.1) is 13.8 Å². The third-order valence-corrected chi connectivity index (χ3v) is 7.67. The number of aryl methyl sites for hydroxylation is 2. The van der Waals surface area contributed by atoms with Crippen LogP contribution in [-0.2, 0) is 10.0 Å². The summed E-state index contributed by atoms with van der Waals surface area (Å²) in [6, 6.07) is 19.7. The average molecular weight is 493 g/mol. The fourth-order valence-corrected chi connectivity index (χ4v) is 5.29. The summed E-state index contributed by atoms with van der Waals surface area (Å²) >= 11 is 0. The number of nitrogens with zero attached hydrogens (tertiary/aromatic N) is 1. The maximum Gasteiger partial charge on any atom is 0.261 e. The Balaban J connectivity index is 1.53. The standard InChI is InChI=1S/C27H32N4O3S/c1-19-7-6-8-22(17-19)30-35(33,34)23-12-11-20(2)24(18-23)27(32)29-26-10-5-4-9-25(26)28-21-13-15-31(3)16-14-21/h4-12,17-18,21,28,30H,13-16H2,1-3H3,(H,29,32). The van der Waals surface area contributed by atoms with E-state index in [1.165, 1.54) is 12.1 Å². The summed E-state index contributed by atoms with van der Waals surface area (Å²) in [5.41, 5.74) is 3.95. The molecule has 8 heteroatoms. The first-order valence-corrected chi connectivity index (χ1v) is 13.3. The van der Waals surface area contributed by atoms with Crippen molar-refractivity contribution in [2.24, 2.45) is 0 Å². The molecule has 0 spiro atoms. The lowest BCUT2D eigenvalue weighted by Gasteiger charge is -2.30. The van der Waals surface area contributed by atoms with E-state index < -0.39 is 10.0 Å². The lowest BCUT2D eigenvalue weighted by Crippen LogP contribution is -2.36. The molecule has 1 fully saturated rings. The summed E-state index contributed by atoms with van der Waals surface area (Å²) in [5, 5.41) is 6.54. The predicted octanol–water partition coefficient (Wildman–Crippen LogP) is 4.86. The molecular weight excluding hydrogens is 460 g/mol. The number of rotatable bonds is 7. The van der Waals surface area contributed by atoms with Crippen LogP contribution in [0.5, 0.6) is 0 Å². The third-order valence-electron chi connectivity index (χ3n) is 6.29. The summed E-state index contributed by atoms with van der Waals surface area (Å²) in [4.78, 5) is 15.6. The van der Waals surface area contributed by atoms with E-state index >= 15 is 0 Å². The number of carbonyl (C=O) groups is 1. The average Bonchev–Trinajstić information content (AvgIpc) is 2.81. The number of carbonyl (C=O) groups excluding carboxylic acids is 1. The number of benzene rings is 3. The van der Waals surface area contributed by atoms with Crippen molar-refractivity contribution < 1.29 is 13.2 Å². The van der Waals surface area contributed by atoms with Gasteiger partial charge >= 0.3 is 0 Å². The molecule has 3 aromatic carbocycles. The molecule has 184 valence electrons. The van der Waals surface area contributed by atoms with Crippen LogP contribution in [0.4, 0.5) is 17.1 Å². The van der Waals surface area contributed by atoms with E-state index in [4.69, 9.17) is 0 Å². The van der Waals surface area contributed by atoms with Crippen LogP contribution >= 0.6 is 0 Å². The quantitative estimate of drug-likeness (QED) is 0.438. The molecule has 1 aliphatic heterocycles. The van der Waals surface area contributed by atoms with Gasteiger partial charge in [-0.2, -0.15) is 0 Å². The Morgan fingerprint density at radius 1 is 0.914 bits per heavy atom. The van der Waals surface area contributed by atoms with Gasteiger partial charge in [-0.1, -0.05) is 30.3 Å². The molecule has 4 rings (SSSR count). The minimum Gasteiger partial charge on any atom is -0.381 e. The van der Waals surface area contributed by atoms with E-state index in [9.17, 15) is 13.2 Å². The summed E-state index contributed by atoms with van der Waals surface area (Å²) in [6.45, 7) is 5.75. The lowest BCUT2D eigenvalue weighted by atomic mass is 10.0. The van der Waals surface area contributed by atoms with E-state index in [1.54, 1.807) is 31.2 Å². The Morgan fingerprint density at radius 2 is 1.63 bits per heavy atom. The van der Waals surface area contributed by atoms with Gasteiger partial charge < -0.3 is 15.5 Å². The Kier molecular flexibility index (Phi) is 7.42. The number of hydrogen-bond donors (Lipinski definition) is 3. The van der Waals surface area contributed by atoms with Crippen molar-refractivity contribution in [3.8, 4) is 0 Å². The number of hydrogen-bond acceptors (Lipinski definition) is 5. The zero-order valence-corrected chi connectivity index (χ0v) is 21.2. The molecule has 0 radical (unpaired) electrons. The second kappa shape index (κ2) is 10.5. The second-order valence-corrected chi connectivity index (χ2v) is 10.9. The number of nitrogens with one attached hydrogen (secondary N) is 3. The first-order valence-electron chi connectivity index (χ1n) is 11.8. The fourth-order valence-electron chi connectivity index (χ4n) is 4.22. The molecule has 1 aliphatic rings. The highest BCUT2D eigenvalue weighted by atomic mass is 32.2. The monoisotopic (exact) mass is 492 g/mol. The highest BCUT2D eigenvalue weighted by Gasteiger charge is 2.21. The number of anilines is 3. The molecule has 3 aromatic rings. The second-order valence-electron chi connectivity index (χ2n) is 9.17. The van der Waals surface area contributed by atoms with Gasteiger partial charge in [0.2, 0.25) is 0 Å². The molecule has 0 saturated carbocycles. The summed E-state index contributed by atoms with van der Waals surface area (Å²) in [7, 11) is -1.73. The maximum atomic E-state index is 13.2. The predicted molar refractivity (Wildman–Crippen MR) is 142 cm³/mol. The van der Waals surface area contributed by atoms with Crippen molar-refractivity contribution >= 4 is 33.0 Å². The van der Waals surface area contributed by atoms with Crippen LogP contribution in [0.25, 0.3) is 0 Å². The number of likely N-dealkylation sites (tertiary alicyclic amines) is 1. The van der Waals surface area contributed by atoms with Gasteiger partial charge in [0.15, 0.2) is 0 Å². The first-order chi connectivity index (χ1) is 16.7. The Labute approximate surface area is 207 Å². The third kappa shape index (κ3) is 6.21. The van der Waals surface area contributed by atoms with Gasteiger partial charge in [-0.3, -0.25) is 9.52 Å². The van der Waals surface area contributed by atoms with Crippen molar-refractivity contribution in [1.29, 1.82) is 0 Å². The zero-order valence-electron chi connectivity index (χ0n) is 20.3. The van der Waals surface area contributed by atoms with Crippen molar-refractivity contribution in [3.63, 3.8) is 0 Å². The van der Waals surface area contributed by atoms with Crippen LogP contribution in [-0.4, -0.2) is 45.4 Å². The van der Waals surface area contributed by atoms with Gasteiger partial charge in [0.25, 0.3) is 15.9 Å². The molecule has 1 amide bonds. The maximum absolute atomic E-state index is 13.2. The Morgan fingerprint density at radius 3 is 2.34 bits per heavy atom. The largest absolute Gasteiger partial charge is 0.381 e. The normalized spacial score (nSPS) is 14.9. The van der Waals surface area contributed by atoms with Gasteiger partial charge in [-0.25, -0.2) is 8.42 Å². The molecule has 0 atom stereocenters. The minimum absolute atomic E-state index is 0.0347. The Hall–Kier alpha value is -3.36. The first kappa shape index (κ1) is 24.8. The van der Waals surface area contributed by atoms with E-state index in [0.717, 1.165) is 37.2 Å². The highest BCUT2D eigenvalue weighted by Crippen LogP contribution is 2.26. The van der Waals surface area contributed by atoms with Gasteiger partial charge in [0.1, 0.15) is 0 Å². The fraction of sp³-hybridized carbons (Fsp3) is 0.296. The number of sulfonamides is 1. The molecule has 1 saturated heterocycles. The molecule has 0 unspecified atom stereocenters. The highest BCUT2D eigenvalue weighted by molar-refractivity contribution is 7.92. The minimum atomic E-state index is -3.85. The van der Waals surface area contributed by atoms with Gasteiger partial charge in [-0.15, -0.1) is 0 Å². The lowest BCUT2D eigenvalue weighted by molar-refractivity contribution is 0.102. The van der Waals surface area contributed by atoms with Gasteiger partial charge in [-0.05, 0) is 94.4 Å². The molecule has 35 heavy (non-hydrogen) atoms. The van der Waals surface area contributed by atoms with E-state index in [2.05, 4.69) is 27.3 Å². The molecule has 3 N–H and O–H groups in total. The molecule has 7 nitrogen and oxygen atoms in total. The summed E-state index contributed by atoms with van der Waals surface area (Å²) < 4.78 is 28.6. The number of para-hydroxylation sites is 2. The number of piperidine rings is 1. The topological polar surface area (TPSA) is 90.5 Å². The summed E-state index contributed by atoms with van der Waals surface area (Å²) in [5.74, 6) is -0.354. The molecule has 0 aromatic heterocycles. The molecule has 0 bridgehead atoms. The molecule has 1 heterocycles. The van der Waals surface area contributed by atoms with Crippen LogP contribution in [0.1, 0.15) is 34.3 Å². The van der Waals surface area contributed by atoms with Crippen molar-refractivity contribution in [2.45, 2.75) is 37.6 Å². The van der Waals surface area contributed by atoms with E-state index in [-0.39, 0.29) is 10.8 Å². The summed E-state index contributed by atoms with van der Waals surface area (Å²) in [6.07, 6.45) is 2.07. The van der Waals surface area contributed by atoms with Crippen molar-refractivity contribution in [2.75, 3.05) is 35.5 Å².